The first-order valence-electron chi connectivity index (χ1n) is 9.90. The van der Waals surface area contributed by atoms with E-state index in [1.165, 1.54) is 12.1 Å². The van der Waals surface area contributed by atoms with Crippen molar-refractivity contribution in [3.8, 4) is 11.4 Å². The summed E-state index contributed by atoms with van der Waals surface area (Å²) in [5, 5.41) is 20.5. The summed E-state index contributed by atoms with van der Waals surface area (Å²) in [5.74, 6) is 0.150. The lowest BCUT2D eigenvalue weighted by molar-refractivity contribution is 0.241. The highest BCUT2D eigenvalue weighted by molar-refractivity contribution is 5.62. The van der Waals surface area contributed by atoms with E-state index in [0.717, 1.165) is 24.1 Å². The first-order chi connectivity index (χ1) is 14.1. The molecule has 3 N–H and O–H groups in total. The Morgan fingerprint density at radius 1 is 1.24 bits per heavy atom. The summed E-state index contributed by atoms with van der Waals surface area (Å²) < 4.78 is 30.1. The van der Waals surface area contributed by atoms with Crippen LogP contribution < -0.4 is 10.6 Å². The number of anilines is 1. The Morgan fingerprint density at radius 3 is 2.86 bits per heavy atom. The maximum absolute atomic E-state index is 14.3. The van der Waals surface area contributed by atoms with Gasteiger partial charge in [-0.1, -0.05) is 0 Å². The molecule has 152 valence electrons. The molecular weight excluding hydrogens is 378 g/mol. The highest BCUT2D eigenvalue weighted by Crippen LogP contribution is 2.41. The van der Waals surface area contributed by atoms with E-state index in [1.54, 1.807) is 10.7 Å². The number of piperidine rings is 1. The third kappa shape index (κ3) is 3.56. The molecule has 0 spiro atoms. The quantitative estimate of drug-likeness (QED) is 0.610. The first kappa shape index (κ1) is 18.4. The normalized spacial score (nSPS) is 22.2. The van der Waals surface area contributed by atoms with E-state index in [2.05, 4.69) is 25.7 Å². The van der Waals surface area contributed by atoms with E-state index >= 15 is 0 Å². The molecule has 2 atom stereocenters. The molecule has 0 aromatic carbocycles. The second-order valence-electron chi connectivity index (χ2n) is 7.72. The maximum Gasteiger partial charge on any atom is 0.154 e. The van der Waals surface area contributed by atoms with Crippen molar-refractivity contribution in [2.75, 3.05) is 18.4 Å². The summed E-state index contributed by atoms with van der Waals surface area (Å²) in [4.78, 5) is 8.84. The predicted molar refractivity (Wildman–Crippen MR) is 104 cm³/mol. The third-order valence-electron chi connectivity index (χ3n) is 5.52. The molecule has 9 heteroatoms. The van der Waals surface area contributed by atoms with Crippen molar-refractivity contribution in [3.63, 3.8) is 0 Å². The third-order valence-corrected chi connectivity index (χ3v) is 5.52. The lowest BCUT2D eigenvalue weighted by Gasteiger charge is -2.28. The summed E-state index contributed by atoms with van der Waals surface area (Å²) >= 11 is 0. The van der Waals surface area contributed by atoms with Gasteiger partial charge in [0.25, 0.3) is 0 Å². The van der Waals surface area contributed by atoms with Crippen LogP contribution in [0.4, 0.5) is 14.6 Å². The number of alkyl halides is 1. The van der Waals surface area contributed by atoms with E-state index in [1.807, 2.05) is 6.07 Å². The molecule has 2 aliphatic rings. The monoisotopic (exact) mass is 400 g/mol. The van der Waals surface area contributed by atoms with Crippen LogP contribution in [0.2, 0.25) is 0 Å². The van der Waals surface area contributed by atoms with E-state index in [-0.39, 0.29) is 12.4 Å². The molecule has 3 aromatic rings. The predicted octanol–water partition coefficient (Wildman–Crippen LogP) is 2.41. The van der Waals surface area contributed by atoms with Gasteiger partial charge in [0, 0.05) is 30.2 Å². The first-order valence-corrected chi connectivity index (χ1v) is 9.90. The standard InChI is InChI=1S/C20H22F2N6O/c21-13-6-15(25-18(7-13)26-16-8-23-4-3-14(16)22)17-9-24-19-5-12(10-29)20(11-1-2-11)27-28(17)19/h5-7,9,11,14,16,23,29H,1-4,8,10H2,(H,25,26)/t14-,16-/m0/s1. The summed E-state index contributed by atoms with van der Waals surface area (Å²) in [7, 11) is 0. The number of rotatable bonds is 5. The number of imidazole rings is 1. The van der Waals surface area contributed by atoms with E-state index in [0.29, 0.717) is 42.5 Å². The largest absolute Gasteiger partial charge is 0.392 e. The van der Waals surface area contributed by atoms with Crippen LogP contribution in [0.15, 0.2) is 24.4 Å². The van der Waals surface area contributed by atoms with E-state index in [9.17, 15) is 13.9 Å². The fourth-order valence-electron chi connectivity index (χ4n) is 3.83. The highest BCUT2D eigenvalue weighted by Gasteiger charge is 2.29. The van der Waals surface area contributed by atoms with Crippen molar-refractivity contribution in [2.45, 2.75) is 44.0 Å². The number of halogens is 2. The Kier molecular flexibility index (Phi) is 4.63. The van der Waals surface area contributed by atoms with Gasteiger partial charge in [-0.15, -0.1) is 0 Å². The minimum Gasteiger partial charge on any atom is -0.392 e. The molecule has 3 aromatic heterocycles. The molecule has 1 saturated carbocycles. The van der Waals surface area contributed by atoms with Crippen molar-refractivity contribution in [2.24, 2.45) is 0 Å². The van der Waals surface area contributed by atoms with Crippen LogP contribution in [0.1, 0.15) is 36.4 Å². The average molecular weight is 400 g/mol. The lowest BCUT2D eigenvalue weighted by atomic mass is 10.1. The number of fused-ring (bicyclic) bond motifs is 1. The van der Waals surface area contributed by atoms with Crippen LogP contribution in [0.5, 0.6) is 0 Å². The van der Waals surface area contributed by atoms with Crippen LogP contribution in [-0.4, -0.2) is 50.0 Å². The lowest BCUT2D eigenvalue weighted by Crippen LogP contribution is -2.46. The number of hydrogen-bond acceptors (Lipinski definition) is 6. The zero-order valence-electron chi connectivity index (χ0n) is 15.8. The van der Waals surface area contributed by atoms with Gasteiger partial charge in [0.05, 0.1) is 30.2 Å². The van der Waals surface area contributed by atoms with Gasteiger partial charge in [0.15, 0.2) is 5.65 Å². The molecule has 7 nitrogen and oxygen atoms in total. The van der Waals surface area contributed by atoms with Crippen LogP contribution >= 0.6 is 0 Å². The Bertz CT molecular complexity index is 1050. The topological polar surface area (TPSA) is 87.4 Å². The molecule has 0 amide bonds. The van der Waals surface area contributed by atoms with Crippen molar-refractivity contribution in [3.05, 3.63) is 41.5 Å². The molecule has 5 rings (SSSR count). The zero-order valence-corrected chi connectivity index (χ0v) is 15.8. The van der Waals surface area contributed by atoms with Gasteiger partial charge in [0.2, 0.25) is 0 Å². The molecule has 1 aliphatic heterocycles. The van der Waals surface area contributed by atoms with Crippen LogP contribution in [0.25, 0.3) is 17.0 Å². The molecule has 2 fully saturated rings. The molecular formula is C20H22F2N6O. The molecule has 29 heavy (non-hydrogen) atoms. The highest BCUT2D eigenvalue weighted by atomic mass is 19.1. The van der Waals surface area contributed by atoms with Crippen molar-refractivity contribution in [1.82, 2.24) is 24.9 Å². The number of nitrogens with one attached hydrogen (secondary N) is 2. The van der Waals surface area contributed by atoms with Crippen molar-refractivity contribution < 1.29 is 13.9 Å². The molecule has 0 unspecified atom stereocenters. The van der Waals surface area contributed by atoms with Gasteiger partial charge in [-0.25, -0.2) is 23.3 Å². The maximum atomic E-state index is 14.3. The Labute approximate surface area is 166 Å². The second kappa shape index (κ2) is 7.31. The molecule has 4 heterocycles. The fraction of sp³-hybridized carbons (Fsp3) is 0.450. The average Bonchev–Trinajstić information content (AvgIpc) is 3.48. The molecule has 1 aliphatic carbocycles. The number of pyridine rings is 1. The SMILES string of the molecule is OCc1cc2ncc(-c3cc(F)cc(N[C@H]4CNCC[C@@H]4F)n3)n2nc1C1CC1. The summed E-state index contributed by atoms with van der Waals surface area (Å²) in [6.45, 7) is 0.998. The Balaban J connectivity index is 1.52. The number of aromatic nitrogens is 4. The van der Waals surface area contributed by atoms with Crippen LogP contribution in [-0.2, 0) is 6.61 Å². The van der Waals surface area contributed by atoms with Crippen molar-refractivity contribution >= 4 is 11.5 Å². The van der Waals surface area contributed by atoms with Crippen LogP contribution in [0.3, 0.4) is 0 Å². The van der Waals surface area contributed by atoms with Crippen molar-refractivity contribution in [1.29, 1.82) is 0 Å². The van der Waals surface area contributed by atoms with Crippen LogP contribution in [0, 0.1) is 5.82 Å². The Morgan fingerprint density at radius 2 is 2.10 bits per heavy atom. The van der Waals surface area contributed by atoms with E-state index < -0.39 is 18.0 Å². The number of aliphatic hydroxyl groups excluding tert-OH is 1. The number of aliphatic hydroxyl groups is 1. The molecule has 1 saturated heterocycles. The summed E-state index contributed by atoms with van der Waals surface area (Å²) in [5.41, 5.74) is 3.10. The second-order valence-corrected chi connectivity index (χ2v) is 7.72. The van der Waals surface area contributed by atoms with Gasteiger partial charge in [0.1, 0.15) is 23.5 Å². The smallest absolute Gasteiger partial charge is 0.154 e. The minimum atomic E-state index is -1.01. The summed E-state index contributed by atoms with van der Waals surface area (Å²) in [6, 6.07) is 3.93. The summed E-state index contributed by atoms with van der Waals surface area (Å²) in [6.07, 6.45) is 3.07. The molecule has 0 radical (unpaired) electrons. The van der Waals surface area contributed by atoms with Gasteiger partial charge in [-0.05, 0) is 31.9 Å². The Hall–Kier alpha value is -2.65. The number of hydrogen-bond donors (Lipinski definition) is 3. The van der Waals surface area contributed by atoms with Gasteiger partial charge in [-0.2, -0.15) is 5.10 Å². The van der Waals surface area contributed by atoms with Gasteiger partial charge < -0.3 is 15.7 Å². The number of nitrogens with zero attached hydrogens (tertiary/aromatic N) is 4. The van der Waals surface area contributed by atoms with Gasteiger partial charge in [-0.3, -0.25) is 0 Å². The fourth-order valence-corrected chi connectivity index (χ4v) is 3.83. The molecule has 0 bridgehead atoms. The van der Waals surface area contributed by atoms with E-state index in [4.69, 9.17) is 0 Å². The zero-order chi connectivity index (χ0) is 20.0. The minimum absolute atomic E-state index is 0.0936. The van der Waals surface area contributed by atoms with Gasteiger partial charge >= 0.3 is 0 Å².